The molecule has 0 spiro atoms. The van der Waals surface area contributed by atoms with Crippen LogP contribution in [0.2, 0.25) is 0 Å². The van der Waals surface area contributed by atoms with Crippen LogP contribution in [0.3, 0.4) is 0 Å². The summed E-state index contributed by atoms with van der Waals surface area (Å²) in [5.41, 5.74) is 6.19. The molecule has 0 heterocycles. The fourth-order valence-corrected chi connectivity index (χ4v) is 1.27. The Kier molecular flexibility index (Phi) is 3.42. The van der Waals surface area contributed by atoms with Gasteiger partial charge >= 0.3 is 0 Å². The first-order valence-corrected chi connectivity index (χ1v) is 4.64. The second kappa shape index (κ2) is 4.38. The van der Waals surface area contributed by atoms with E-state index in [1.807, 2.05) is 9.24 Å². The SMILES string of the molecule is Cc1cc(OC(F)P)ccc1C(N)=O. The average molecular weight is 215 g/mol. The number of hydrogen-bond acceptors (Lipinski definition) is 2. The summed E-state index contributed by atoms with van der Waals surface area (Å²) in [6.07, 6.45) is -1.45. The summed E-state index contributed by atoms with van der Waals surface area (Å²) in [7, 11) is 1.87. The summed E-state index contributed by atoms with van der Waals surface area (Å²) in [6.45, 7) is 1.71. The maximum atomic E-state index is 12.4. The normalized spacial score (nSPS) is 12.2. The van der Waals surface area contributed by atoms with Crippen LogP contribution in [0.5, 0.6) is 5.75 Å². The number of rotatable bonds is 3. The van der Waals surface area contributed by atoms with Crippen molar-refractivity contribution >= 4 is 15.1 Å². The van der Waals surface area contributed by atoms with E-state index in [0.29, 0.717) is 16.9 Å². The van der Waals surface area contributed by atoms with Gasteiger partial charge in [-0.1, -0.05) is 9.24 Å². The van der Waals surface area contributed by atoms with Crippen LogP contribution < -0.4 is 10.5 Å². The van der Waals surface area contributed by atoms with Gasteiger partial charge in [0.2, 0.25) is 12.0 Å². The number of alkyl halides is 1. The lowest BCUT2D eigenvalue weighted by atomic mass is 10.1. The van der Waals surface area contributed by atoms with Crippen molar-refractivity contribution in [3.05, 3.63) is 29.3 Å². The molecule has 0 fully saturated rings. The van der Waals surface area contributed by atoms with Gasteiger partial charge in [-0.3, -0.25) is 4.79 Å². The molecule has 3 nitrogen and oxygen atoms in total. The standard InChI is InChI=1S/C9H11FNO2P/c1-5-4-6(13-9(10)14)2-3-7(5)8(11)12/h2-4,9H,14H2,1H3,(H2,11,12). The molecular formula is C9H11FNO2P. The summed E-state index contributed by atoms with van der Waals surface area (Å²) in [6, 6.07) is 4.58. The van der Waals surface area contributed by atoms with Crippen molar-refractivity contribution in [2.75, 3.05) is 0 Å². The maximum absolute atomic E-state index is 12.4. The highest BCUT2D eigenvalue weighted by Gasteiger charge is 2.07. The molecule has 0 aromatic heterocycles. The third-order valence-electron chi connectivity index (χ3n) is 1.71. The summed E-state index contributed by atoms with van der Waals surface area (Å²) in [5.74, 6) is -0.133. The van der Waals surface area contributed by atoms with Crippen molar-refractivity contribution in [3.8, 4) is 5.75 Å². The summed E-state index contributed by atoms with van der Waals surface area (Å²) in [5, 5.41) is 0. The quantitative estimate of drug-likeness (QED) is 0.778. The molecule has 14 heavy (non-hydrogen) atoms. The van der Waals surface area contributed by atoms with E-state index < -0.39 is 12.0 Å². The molecule has 5 heteroatoms. The predicted octanol–water partition coefficient (Wildman–Crippen LogP) is 1.60. The first-order chi connectivity index (χ1) is 6.50. The van der Waals surface area contributed by atoms with Crippen molar-refractivity contribution in [2.45, 2.75) is 13.0 Å². The number of carbonyl (C=O) groups is 1. The van der Waals surface area contributed by atoms with Gasteiger partial charge in [-0.15, -0.1) is 0 Å². The lowest BCUT2D eigenvalue weighted by Crippen LogP contribution is -2.12. The molecule has 1 amide bonds. The zero-order chi connectivity index (χ0) is 10.7. The number of amides is 1. The Bertz CT molecular complexity index is 355. The van der Waals surface area contributed by atoms with Gasteiger partial charge in [0, 0.05) is 5.56 Å². The molecule has 76 valence electrons. The molecule has 0 aliphatic rings. The second-order valence-electron chi connectivity index (χ2n) is 2.81. The Morgan fingerprint density at radius 1 is 1.64 bits per heavy atom. The first kappa shape index (κ1) is 10.9. The third kappa shape index (κ3) is 2.67. The van der Waals surface area contributed by atoms with Gasteiger partial charge in [0.25, 0.3) is 0 Å². The van der Waals surface area contributed by atoms with Crippen LogP contribution in [0.15, 0.2) is 18.2 Å². The van der Waals surface area contributed by atoms with Crippen LogP contribution in [0.25, 0.3) is 0 Å². The zero-order valence-corrected chi connectivity index (χ0v) is 8.81. The molecule has 0 saturated heterocycles. The number of hydrogen-bond donors (Lipinski definition) is 1. The predicted molar refractivity (Wildman–Crippen MR) is 54.9 cm³/mol. The topological polar surface area (TPSA) is 52.3 Å². The molecule has 2 N–H and O–H groups in total. The smallest absolute Gasteiger partial charge is 0.249 e. The van der Waals surface area contributed by atoms with Gasteiger partial charge in [-0.25, -0.2) is 0 Å². The van der Waals surface area contributed by atoms with Crippen LogP contribution in [0, 0.1) is 6.92 Å². The Morgan fingerprint density at radius 3 is 2.71 bits per heavy atom. The minimum absolute atomic E-state index is 0.370. The van der Waals surface area contributed by atoms with E-state index in [0.717, 1.165) is 0 Å². The Hall–Kier alpha value is -1.15. The van der Waals surface area contributed by atoms with Crippen molar-refractivity contribution in [3.63, 3.8) is 0 Å². The Labute approximate surface area is 83.6 Å². The van der Waals surface area contributed by atoms with Crippen molar-refractivity contribution in [1.29, 1.82) is 0 Å². The monoisotopic (exact) mass is 215 g/mol. The molecule has 0 aliphatic heterocycles. The van der Waals surface area contributed by atoms with E-state index in [-0.39, 0.29) is 0 Å². The van der Waals surface area contributed by atoms with E-state index in [9.17, 15) is 9.18 Å². The van der Waals surface area contributed by atoms with E-state index in [4.69, 9.17) is 10.5 Å². The number of benzene rings is 1. The number of halogens is 1. The minimum Gasteiger partial charge on any atom is -0.457 e. The highest BCUT2D eigenvalue weighted by Crippen LogP contribution is 2.19. The van der Waals surface area contributed by atoms with Crippen molar-refractivity contribution in [2.24, 2.45) is 5.73 Å². The highest BCUT2D eigenvalue weighted by atomic mass is 31.0. The summed E-state index contributed by atoms with van der Waals surface area (Å²) < 4.78 is 17.2. The lowest BCUT2D eigenvalue weighted by molar-refractivity contribution is 0.0999. The number of nitrogens with two attached hydrogens (primary N) is 1. The lowest BCUT2D eigenvalue weighted by Gasteiger charge is -2.08. The minimum atomic E-state index is -1.45. The average Bonchev–Trinajstić information content (AvgIpc) is 2.01. The fourth-order valence-electron chi connectivity index (χ4n) is 1.12. The van der Waals surface area contributed by atoms with Crippen LogP contribution in [0.1, 0.15) is 15.9 Å². The third-order valence-corrected chi connectivity index (χ3v) is 1.85. The number of carbonyl (C=O) groups excluding carboxylic acids is 1. The van der Waals surface area contributed by atoms with Gasteiger partial charge < -0.3 is 10.5 Å². The Morgan fingerprint density at radius 2 is 2.29 bits per heavy atom. The van der Waals surface area contributed by atoms with Gasteiger partial charge in [-0.2, -0.15) is 4.39 Å². The largest absolute Gasteiger partial charge is 0.457 e. The van der Waals surface area contributed by atoms with E-state index in [1.54, 1.807) is 13.0 Å². The van der Waals surface area contributed by atoms with E-state index in [1.165, 1.54) is 12.1 Å². The summed E-state index contributed by atoms with van der Waals surface area (Å²) >= 11 is 0. The molecule has 2 unspecified atom stereocenters. The zero-order valence-electron chi connectivity index (χ0n) is 7.66. The number of ether oxygens (including phenoxy) is 1. The molecule has 0 saturated carbocycles. The first-order valence-electron chi connectivity index (χ1n) is 3.97. The summed E-state index contributed by atoms with van der Waals surface area (Å²) in [4.78, 5) is 10.9. The maximum Gasteiger partial charge on any atom is 0.249 e. The van der Waals surface area contributed by atoms with Gasteiger partial charge in [0.15, 0.2) is 0 Å². The molecule has 1 aromatic rings. The number of primary amides is 1. The fraction of sp³-hybridized carbons (Fsp3) is 0.222. The van der Waals surface area contributed by atoms with E-state index in [2.05, 4.69) is 0 Å². The van der Waals surface area contributed by atoms with Gasteiger partial charge in [-0.05, 0) is 30.7 Å². The molecule has 1 aromatic carbocycles. The van der Waals surface area contributed by atoms with Crippen LogP contribution in [-0.4, -0.2) is 12.0 Å². The van der Waals surface area contributed by atoms with Crippen molar-refractivity contribution < 1.29 is 13.9 Å². The molecule has 1 rings (SSSR count). The van der Waals surface area contributed by atoms with Crippen LogP contribution in [0.4, 0.5) is 4.39 Å². The molecule has 0 radical (unpaired) electrons. The van der Waals surface area contributed by atoms with Crippen molar-refractivity contribution in [1.82, 2.24) is 0 Å². The van der Waals surface area contributed by atoms with Gasteiger partial charge in [0.05, 0.1) is 0 Å². The second-order valence-corrected chi connectivity index (χ2v) is 3.33. The molecule has 0 aliphatic carbocycles. The molecule has 0 bridgehead atoms. The molecular weight excluding hydrogens is 204 g/mol. The number of aryl methyl sites for hydroxylation is 1. The molecule has 2 atom stereocenters. The van der Waals surface area contributed by atoms with Gasteiger partial charge in [0.1, 0.15) is 5.75 Å². The van der Waals surface area contributed by atoms with Crippen LogP contribution in [-0.2, 0) is 0 Å². The highest BCUT2D eigenvalue weighted by molar-refractivity contribution is 7.16. The van der Waals surface area contributed by atoms with E-state index >= 15 is 0 Å². The van der Waals surface area contributed by atoms with Crippen LogP contribution >= 0.6 is 9.24 Å². The Balaban J connectivity index is 2.94.